The van der Waals surface area contributed by atoms with Gasteiger partial charge in [0.25, 0.3) is 0 Å². The van der Waals surface area contributed by atoms with Gasteiger partial charge in [0.2, 0.25) is 5.91 Å². The molecule has 7 heteroatoms. The number of hydrogen-bond donors (Lipinski definition) is 1. The average Bonchev–Trinajstić information content (AvgIpc) is 2.76. The maximum absolute atomic E-state index is 12.5. The molecule has 0 saturated carbocycles. The first kappa shape index (κ1) is 17.7. The monoisotopic (exact) mass is 329 g/mol. The predicted octanol–water partition coefficient (Wildman–Crippen LogP) is 2.84. The van der Waals surface area contributed by atoms with Gasteiger partial charge in [-0.05, 0) is 30.9 Å². The van der Waals surface area contributed by atoms with Gasteiger partial charge in [0.15, 0.2) is 0 Å². The van der Waals surface area contributed by atoms with E-state index in [1.165, 1.54) is 0 Å². The second-order valence-corrected chi connectivity index (χ2v) is 6.31. The van der Waals surface area contributed by atoms with Crippen LogP contribution in [0.3, 0.4) is 0 Å². The van der Waals surface area contributed by atoms with Crippen molar-refractivity contribution in [3.63, 3.8) is 0 Å². The highest BCUT2D eigenvalue weighted by molar-refractivity contribution is 5.84. The van der Waals surface area contributed by atoms with Crippen LogP contribution in [-0.4, -0.2) is 41.1 Å². The Balaban J connectivity index is 2.10. The molecule has 1 N–H and O–H groups in total. The summed E-state index contributed by atoms with van der Waals surface area (Å²) in [7, 11) is 0. The van der Waals surface area contributed by atoms with Crippen LogP contribution in [0, 0.1) is 12.8 Å². The van der Waals surface area contributed by atoms with Gasteiger partial charge in [-0.25, -0.2) is 0 Å². The minimum atomic E-state index is -4.36. The van der Waals surface area contributed by atoms with Gasteiger partial charge in [-0.15, -0.1) is 0 Å². The summed E-state index contributed by atoms with van der Waals surface area (Å²) in [5, 5.41) is 3.22. The Morgan fingerprint density at radius 1 is 1.43 bits per heavy atom. The quantitative estimate of drug-likeness (QED) is 0.903. The van der Waals surface area contributed by atoms with E-state index in [2.05, 4.69) is 10.3 Å². The molecule has 0 bridgehead atoms. The van der Waals surface area contributed by atoms with Crippen molar-refractivity contribution in [2.45, 2.75) is 45.5 Å². The highest BCUT2D eigenvalue weighted by Crippen LogP contribution is 2.26. The molecule has 0 aromatic carbocycles. The van der Waals surface area contributed by atoms with Crippen LogP contribution >= 0.6 is 0 Å². The number of aromatic nitrogens is 1. The first-order valence-electron chi connectivity index (χ1n) is 7.72. The van der Waals surface area contributed by atoms with Gasteiger partial charge in [0, 0.05) is 12.7 Å². The van der Waals surface area contributed by atoms with Crippen molar-refractivity contribution in [1.82, 2.24) is 15.2 Å². The van der Waals surface area contributed by atoms with E-state index in [4.69, 9.17) is 0 Å². The van der Waals surface area contributed by atoms with E-state index in [1.54, 1.807) is 6.20 Å². The Hall–Kier alpha value is -1.63. The number of rotatable bonds is 5. The fraction of sp³-hybridized carbons (Fsp3) is 0.625. The van der Waals surface area contributed by atoms with Crippen LogP contribution in [0.15, 0.2) is 18.3 Å². The van der Waals surface area contributed by atoms with E-state index in [-0.39, 0.29) is 18.5 Å². The first-order valence-corrected chi connectivity index (χ1v) is 7.72. The molecular formula is C16H22F3N3O. The number of nitrogens with one attached hydrogen (secondary N) is 1. The maximum atomic E-state index is 12.5. The molecule has 1 aromatic rings. The molecule has 4 nitrogen and oxygen atoms in total. The van der Waals surface area contributed by atoms with Crippen molar-refractivity contribution in [3.05, 3.63) is 29.6 Å². The average molecular weight is 329 g/mol. The molecule has 1 aliphatic rings. The van der Waals surface area contributed by atoms with E-state index in [1.807, 2.05) is 32.9 Å². The van der Waals surface area contributed by atoms with Crippen LogP contribution in [0.4, 0.5) is 13.2 Å². The number of carbonyl (C=O) groups excluding carboxylic acids is 1. The highest BCUT2D eigenvalue weighted by Gasteiger charge is 2.40. The summed E-state index contributed by atoms with van der Waals surface area (Å²) in [5.41, 5.74) is 1.83. The number of carbonyl (C=O) groups is 1. The SMILES string of the molecule is Cc1cccnc1C(NC1CCN(CC(F)(F)F)C1=O)C(C)C. The molecule has 2 rings (SSSR count). The fourth-order valence-electron chi connectivity index (χ4n) is 2.89. The van der Waals surface area contributed by atoms with Gasteiger partial charge in [0.1, 0.15) is 6.54 Å². The van der Waals surface area contributed by atoms with Gasteiger partial charge in [-0.1, -0.05) is 19.9 Å². The van der Waals surface area contributed by atoms with E-state index < -0.39 is 24.7 Å². The smallest absolute Gasteiger partial charge is 0.332 e. The summed E-state index contributed by atoms with van der Waals surface area (Å²) in [6.07, 6.45) is -2.30. The number of alkyl halides is 3. The highest BCUT2D eigenvalue weighted by atomic mass is 19.4. The third-order valence-corrected chi connectivity index (χ3v) is 4.06. The van der Waals surface area contributed by atoms with Crippen LogP contribution in [-0.2, 0) is 4.79 Å². The largest absolute Gasteiger partial charge is 0.406 e. The summed E-state index contributed by atoms with van der Waals surface area (Å²) < 4.78 is 37.5. The number of halogens is 3. The number of pyridine rings is 1. The maximum Gasteiger partial charge on any atom is 0.406 e. The third-order valence-electron chi connectivity index (χ3n) is 4.06. The Morgan fingerprint density at radius 3 is 2.70 bits per heavy atom. The predicted molar refractivity (Wildman–Crippen MR) is 80.7 cm³/mol. The van der Waals surface area contributed by atoms with Gasteiger partial charge in [0.05, 0.1) is 17.8 Å². The van der Waals surface area contributed by atoms with E-state index in [9.17, 15) is 18.0 Å². The van der Waals surface area contributed by atoms with Crippen molar-refractivity contribution < 1.29 is 18.0 Å². The number of amides is 1. The van der Waals surface area contributed by atoms with Crippen molar-refractivity contribution in [1.29, 1.82) is 0 Å². The summed E-state index contributed by atoms with van der Waals surface area (Å²) in [4.78, 5) is 17.5. The van der Waals surface area contributed by atoms with Crippen molar-refractivity contribution in [3.8, 4) is 0 Å². The molecule has 0 spiro atoms. The van der Waals surface area contributed by atoms with Gasteiger partial charge in [-0.2, -0.15) is 13.2 Å². The summed E-state index contributed by atoms with van der Waals surface area (Å²) in [6, 6.07) is 3.01. The standard InChI is InChI=1S/C16H22F3N3O/c1-10(2)13(14-11(3)5-4-7-20-14)21-12-6-8-22(15(12)23)9-16(17,18)19/h4-5,7,10,12-13,21H,6,8-9H2,1-3H3. The second kappa shape index (κ2) is 6.86. The third kappa shape index (κ3) is 4.43. The van der Waals surface area contributed by atoms with Crippen molar-refractivity contribution in [2.75, 3.05) is 13.1 Å². The van der Waals surface area contributed by atoms with E-state index >= 15 is 0 Å². The van der Waals surface area contributed by atoms with Crippen LogP contribution < -0.4 is 5.32 Å². The molecule has 2 unspecified atom stereocenters. The van der Waals surface area contributed by atoms with Crippen LogP contribution in [0.25, 0.3) is 0 Å². The zero-order valence-corrected chi connectivity index (χ0v) is 13.5. The summed E-state index contributed by atoms with van der Waals surface area (Å²) >= 11 is 0. The lowest BCUT2D eigenvalue weighted by molar-refractivity contribution is -0.158. The van der Waals surface area contributed by atoms with Crippen molar-refractivity contribution in [2.24, 2.45) is 5.92 Å². The van der Waals surface area contributed by atoms with Gasteiger partial charge >= 0.3 is 6.18 Å². The van der Waals surface area contributed by atoms with Crippen molar-refractivity contribution >= 4 is 5.91 Å². The minimum Gasteiger partial charge on any atom is -0.332 e. The van der Waals surface area contributed by atoms with Crippen LogP contribution in [0.2, 0.25) is 0 Å². The number of nitrogens with zero attached hydrogens (tertiary/aromatic N) is 2. The Labute approximate surface area is 134 Å². The molecule has 0 aliphatic carbocycles. The van der Waals surface area contributed by atoms with Crippen LogP contribution in [0.5, 0.6) is 0 Å². The number of likely N-dealkylation sites (tertiary alicyclic amines) is 1. The van der Waals surface area contributed by atoms with Gasteiger partial charge in [-0.3, -0.25) is 15.1 Å². The molecule has 1 fully saturated rings. The zero-order valence-electron chi connectivity index (χ0n) is 13.5. The lowest BCUT2D eigenvalue weighted by Crippen LogP contribution is -2.44. The van der Waals surface area contributed by atoms with Crippen LogP contribution in [0.1, 0.15) is 37.6 Å². The number of aryl methyl sites for hydroxylation is 1. The lowest BCUT2D eigenvalue weighted by atomic mass is 9.96. The fourth-order valence-corrected chi connectivity index (χ4v) is 2.89. The normalized spacial score (nSPS) is 20.4. The first-order chi connectivity index (χ1) is 10.7. The Bertz CT molecular complexity index is 560. The molecule has 23 heavy (non-hydrogen) atoms. The van der Waals surface area contributed by atoms with E-state index in [0.29, 0.717) is 6.42 Å². The minimum absolute atomic E-state index is 0.127. The lowest BCUT2D eigenvalue weighted by Gasteiger charge is -2.26. The molecule has 1 saturated heterocycles. The topological polar surface area (TPSA) is 45.2 Å². The molecule has 1 amide bonds. The summed E-state index contributed by atoms with van der Waals surface area (Å²) in [5.74, 6) is -0.324. The molecule has 2 heterocycles. The second-order valence-electron chi connectivity index (χ2n) is 6.31. The van der Waals surface area contributed by atoms with Gasteiger partial charge < -0.3 is 4.90 Å². The molecule has 0 radical (unpaired) electrons. The zero-order chi connectivity index (χ0) is 17.2. The Kier molecular flexibility index (Phi) is 5.29. The number of hydrogen-bond acceptors (Lipinski definition) is 3. The Morgan fingerprint density at radius 2 is 2.13 bits per heavy atom. The molecule has 1 aliphatic heterocycles. The molecule has 2 atom stereocenters. The van der Waals surface area contributed by atoms with E-state index in [0.717, 1.165) is 16.2 Å². The molecule has 128 valence electrons. The summed E-state index contributed by atoms with van der Waals surface area (Å²) in [6.45, 7) is 4.88. The molecular weight excluding hydrogens is 307 g/mol. The molecule has 1 aromatic heterocycles.